The smallest absolute Gasteiger partial charge is 0.264 e. The van der Waals surface area contributed by atoms with E-state index in [1.165, 1.54) is 48.5 Å². The van der Waals surface area contributed by atoms with Crippen LogP contribution in [-0.4, -0.2) is 39.9 Å². The van der Waals surface area contributed by atoms with E-state index in [4.69, 9.17) is 0 Å². The van der Waals surface area contributed by atoms with Gasteiger partial charge in [-0.1, -0.05) is 21.6 Å². The van der Waals surface area contributed by atoms with E-state index in [2.05, 4.69) is 9.44 Å². The molecular weight excluding hydrogens is 665 g/mol. The highest BCUT2D eigenvalue weighted by Gasteiger charge is 2.21. The first-order chi connectivity index (χ1) is 20.7. The van der Waals surface area contributed by atoms with Crippen LogP contribution in [0.1, 0.15) is 20.7 Å². The Bertz CT molecular complexity index is 1780. The molecule has 0 bridgehead atoms. The zero-order chi connectivity index (χ0) is 32.1. The molecule has 0 fully saturated rings. The number of Topliss-reactive ketones (excluding diaryl/α,β-unsaturated/α-hetero) is 2. The number of carbonyl (C=O) groups excluding carboxylic acids is 2. The predicted octanol–water partition coefficient (Wildman–Crippen LogP) is 6.29. The van der Waals surface area contributed by atoms with Gasteiger partial charge in [0.05, 0.1) is 11.5 Å². The number of halogens is 4. The molecule has 0 saturated heterocycles. The molecule has 230 valence electrons. The normalized spacial score (nSPS) is 11.6. The predicted molar refractivity (Wildman–Crippen MR) is 161 cm³/mol. The lowest BCUT2D eigenvalue weighted by atomic mass is 10.1. The standard InChI is InChI=1S/C28H20F4N2O6S4/c29-19-5-11-27(23(31)13-19)43(37,38)33-21-7-1-17(2-8-21)25(35)15-41-42-16-26(36)18-3-9-22(10-4-18)34-44(39,40)28-12-6-20(30)14-24(28)32/h1-14,33-34H,15-16H2. The molecule has 0 aliphatic heterocycles. The van der Waals surface area contributed by atoms with Crippen molar-refractivity contribution in [3.8, 4) is 0 Å². The molecule has 4 aromatic carbocycles. The first-order valence-electron chi connectivity index (χ1n) is 12.2. The molecule has 4 aromatic rings. The summed E-state index contributed by atoms with van der Waals surface area (Å²) >= 11 is 0. The van der Waals surface area contributed by atoms with E-state index >= 15 is 0 Å². The third-order valence-corrected chi connectivity index (χ3v) is 10.7. The number of hydrogen-bond acceptors (Lipinski definition) is 8. The quantitative estimate of drug-likeness (QED) is 0.0729. The maximum atomic E-state index is 13.9. The first-order valence-corrected chi connectivity index (χ1v) is 17.7. The Morgan fingerprint density at radius 1 is 0.545 bits per heavy atom. The number of carbonyl (C=O) groups is 2. The molecule has 0 atom stereocenters. The Morgan fingerprint density at radius 2 is 0.886 bits per heavy atom. The van der Waals surface area contributed by atoms with Crippen molar-refractivity contribution in [1.29, 1.82) is 0 Å². The van der Waals surface area contributed by atoms with Crippen LogP contribution in [0.5, 0.6) is 0 Å². The fourth-order valence-corrected chi connectivity index (χ4v) is 7.71. The number of nitrogens with one attached hydrogen (secondary N) is 2. The highest BCUT2D eigenvalue weighted by atomic mass is 33.1. The van der Waals surface area contributed by atoms with Gasteiger partial charge in [0.15, 0.2) is 11.6 Å². The SMILES string of the molecule is O=C(CSSCC(=O)c1ccc(NS(=O)(=O)c2ccc(F)cc2F)cc1)c1ccc(NS(=O)(=O)c2ccc(F)cc2F)cc1. The lowest BCUT2D eigenvalue weighted by molar-refractivity contribution is 0.101. The van der Waals surface area contributed by atoms with Crippen LogP contribution < -0.4 is 9.44 Å². The van der Waals surface area contributed by atoms with Gasteiger partial charge in [-0.2, -0.15) is 0 Å². The number of rotatable bonds is 13. The highest BCUT2D eigenvalue weighted by molar-refractivity contribution is 8.77. The number of ketones is 2. The second-order valence-corrected chi connectivity index (χ2v) is 14.7. The fraction of sp³-hybridized carbons (Fsp3) is 0.0714. The summed E-state index contributed by atoms with van der Waals surface area (Å²) in [7, 11) is -6.45. The van der Waals surface area contributed by atoms with E-state index in [1.54, 1.807) is 0 Å². The van der Waals surface area contributed by atoms with Crippen LogP contribution in [0, 0.1) is 23.3 Å². The van der Waals surface area contributed by atoms with Crippen molar-refractivity contribution < 1.29 is 44.0 Å². The zero-order valence-corrected chi connectivity index (χ0v) is 25.4. The van der Waals surface area contributed by atoms with Crippen LogP contribution >= 0.6 is 21.6 Å². The van der Waals surface area contributed by atoms with E-state index in [9.17, 15) is 44.0 Å². The number of hydrogen-bond donors (Lipinski definition) is 2. The number of sulfonamides is 2. The minimum atomic E-state index is -4.34. The molecule has 16 heteroatoms. The summed E-state index contributed by atoms with van der Waals surface area (Å²) in [4.78, 5) is 23.5. The van der Waals surface area contributed by atoms with Crippen molar-refractivity contribution in [2.75, 3.05) is 20.9 Å². The van der Waals surface area contributed by atoms with Gasteiger partial charge in [0.25, 0.3) is 20.0 Å². The van der Waals surface area contributed by atoms with Gasteiger partial charge in [0.2, 0.25) is 0 Å². The Balaban J connectivity index is 1.25. The van der Waals surface area contributed by atoms with Crippen LogP contribution in [-0.2, 0) is 20.0 Å². The topological polar surface area (TPSA) is 126 Å². The average Bonchev–Trinajstić information content (AvgIpc) is 2.95. The Kier molecular flexibility index (Phi) is 10.4. The number of anilines is 2. The summed E-state index contributed by atoms with van der Waals surface area (Å²) in [5.41, 5.74) is 0.636. The molecule has 4 rings (SSSR count). The lowest BCUT2D eigenvalue weighted by Crippen LogP contribution is -2.15. The minimum absolute atomic E-state index is 0.00945. The van der Waals surface area contributed by atoms with Crippen molar-refractivity contribution in [2.24, 2.45) is 0 Å². The van der Waals surface area contributed by atoms with Crippen LogP contribution in [0.3, 0.4) is 0 Å². The van der Waals surface area contributed by atoms with Crippen molar-refractivity contribution in [3.05, 3.63) is 119 Å². The largest absolute Gasteiger partial charge is 0.293 e. The summed E-state index contributed by atoms with van der Waals surface area (Å²) in [5.74, 6) is -4.98. The van der Waals surface area contributed by atoms with Crippen molar-refractivity contribution in [1.82, 2.24) is 0 Å². The summed E-state index contributed by atoms with van der Waals surface area (Å²) in [6.45, 7) is 0. The molecule has 8 nitrogen and oxygen atoms in total. The van der Waals surface area contributed by atoms with Gasteiger partial charge in [-0.15, -0.1) is 0 Å². The molecular formula is C28H20F4N2O6S4. The maximum absolute atomic E-state index is 13.9. The molecule has 0 aliphatic rings. The first kappa shape index (κ1) is 33.0. The highest BCUT2D eigenvalue weighted by Crippen LogP contribution is 2.26. The van der Waals surface area contributed by atoms with Crippen LogP contribution in [0.2, 0.25) is 0 Å². The molecule has 0 aliphatic carbocycles. The van der Waals surface area contributed by atoms with Crippen LogP contribution in [0.4, 0.5) is 28.9 Å². The molecule has 0 aromatic heterocycles. The summed E-state index contributed by atoms with van der Waals surface area (Å²) in [6.07, 6.45) is 0. The van der Waals surface area contributed by atoms with E-state index in [0.717, 1.165) is 45.9 Å². The third kappa shape index (κ3) is 8.40. The maximum Gasteiger partial charge on any atom is 0.264 e. The van der Waals surface area contributed by atoms with E-state index in [1.807, 2.05) is 0 Å². The summed E-state index contributed by atoms with van der Waals surface area (Å²) < 4.78 is 108. The van der Waals surface area contributed by atoms with Gasteiger partial charge in [0.1, 0.15) is 33.1 Å². The Morgan fingerprint density at radius 3 is 1.20 bits per heavy atom. The van der Waals surface area contributed by atoms with E-state index in [-0.39, 0.29) is 45.6 Å². The van der Waals surface area contributed by atoms with Crippen LogP contribution in [0.25, 0.3) is 0 Å². The minimum Gasteiger partial charge on any atom is -0.293 e. The van der Waals surface area contributed by atoms with Gasteiger partial charge in [-0.3, -0.25) is 19.0 Å². The fourth-order valence-electron chi connectivity index (χ4n) is 3.61. The molecule has 0 heterocycles. The van der Waals surface area contributed by atoms with Gasteiger partial charge in [0, 0.05) is 34.6 Å². The Labute approximate surface area is 257 Å². The second-order valence-electron chi connectivity index (χ2n) is 8.89. The zero-order valence-electron chi connectivity index (χ0n) is 22.1. The number of benzene rings is 4. The Hall–Kier alpha value is -3.86. The van der Waals surface area contributed by atoms with Crippen molar-refractivity contribution in [2.45, 2.75) is 9.79 Å². The third-order valence-electron chi connectivity index (χ3n) is 5.75. The van der Waals surface area contributed by atoms with E-state index in [0.29, 0.717) is 12.1 Å². The van der Waals surface area contributed by atoms with Gasteiger partial charge in [-0.05, 0) is 72.8 Å². The molecule has 0 unspecified atom stereocenters. The monoisotopic (exact) mass is 684 g/mol. The second kappa shape index (κ2) is 13.8. The lowest BCUT2D eigenvalue weighted by Gasteiger charge is -2.10. The van der Waals surface area contributed by atoms with Gasteiger partial charge >= 0.3 is 0 Å². The van der Waals surface area contributed by atoms with Gasteiger partial charge in [-0.25, -0.2) is 34.4 Å². The molecule has 0 spiro atoms. The molecule has 0 amide bonds. The van der Waals surface area contributed by atoms with Crippen LogP contribution in [0.15, 0.2) is 94.7 Å². The molecule has 0 radical (unpaired) electrons. The summed E-state index contributed by atoms with van der Waals surface area (Å²) in [6, 6.07) is 14.9. The average molecular weight is 685 g/mol. The van der Waals surface area contributed by atoms with Gasteiger partial charge < -0.3 is 0 Å². The van der Waals surface area contributed by atoms with Crippen molar-refractivity contribution in [3.63, 3.8) is 0 Å². The van der Waals surface area contributed by atoms with Crippen molar-refractivity contribution >= 4 is 64.6 Å². The molecule has 2 N–H and O–H groups in total. The molecule has 44 heavy (non-hydrogen) atoms. The summed E-state index contributed by atoms with van der Waals surface area (Å²) in [5, 5.41) is 0. The molecule has 0 saturated carbocycles. The van der Waals surface area contributed by atoms with E-state index < -0.39 is 53.1 Å².